The Hall–Kier alpha value is -2.40. The Balaban J connectivity index is 1.80. The summed E-state index contributed by atoms with van der Waals surface area (Å²) >= 11 is 0. The molecule has 1 aliphatic rings. The van der Waals surface area contributed by atoms with Crippen LogP contribution >= 0.6 is 0 Å². The molecule has 5 nitrogen and oxygen atoms in total. The molecule has 0 atom stereocenters. The number of piperazine rings is 1. The van der Waals surface area contributed by atoms with Crippen LogP contribution in [0.15, 0.2) is 36.5 Å². The number of likely N-dealkylation sites (N-methyl/N-ethyl adjacent to an activating group) is 1. The highest BCUT2D eigenvalue weighted by Gasteiger charge is 2.17. The number of hydrogen-bond donors (Lipinski definition) is 1. The first-order valence-corrected chi connectivity index (χ1v) is 9.44. The van der Waals surface area contributed by atoms with E-state index in [0.717, 1.165) is 50.5 Å². The molecule has 1 N–H and O–H groups in total. The van der Waals surface area contributed by atoms with Gasteiger partial charge in [-0.1, -0.05) is 32.0 Å². The maximum atomic E-state index is 12.9. The molecule has 5 heteroatoms. The molecule has 2 heterocycles. The van der Waals surface area contributed by atoms with Gasteiger partial charge in [0, 0.05) is 43.6 Å². The summed E-state index contributed by atoms with van der Waals surface area (Å²) in [5.41, 5.74) is 3.96. The molecular formula is C21H28N4O. The van der Waals surface area contributed by atoms with Crippen LogP contribution in [0, 0.1) is 0 Å². The lowest BCUT2D eigenvalue weighted by Gasteiger charge is -2.33. The zero-order valence-electron chi connectivity index (χ0n) is 16.0. The van der Waals surface area contributed by atoms with E-state index in [1.54, 1.807) is 12.3 Å². The first-order valence-electron chi connectivity index (χ1n) is 9.44. The number of anilines is 2. The lowest BCUT2D eigenvalue weighted by atomic mass is 10.0. The molecule has 1 amide bonds. The lowest BCUT2D eigenvalue weighted by molar-refractivity contribution is 0.102. The molecule has 26 heavy (non-hydrogen) atoms. The van der Waals surface area contributed by atoms with Crippen LogP contribution in [-0.4, -0.2) is 49.0 Å². The van der Waals surface area contributed by atoms with Crippen molar-refractivity contribution < 1.29 is 4.79 Å². The molecule has 0 bridgehead atoms. The van der Waals surface area contributed by atoms with E-state index in [1.807, 2.05) is 6.07 Å². The van der Waals surface area contributed by atoms with E-state index in [1.165, 1.54) is 11.1 Å². The fraction of sp³-hybridized carbons (Fsp3) is 0.429. The molecule has 0 radical (unpaired) electrons. The van der Waals surface area contributed by atoms with Gasteiger partial charge in [0.05, 0.1) is 0 Å². The van der Waals surface area contributed by atoms with Crippen LogP contribution in [0.25, 0.3) is 0 Å². The van der Waals surface area contributed by atoms with Crippen molar-refractivity contribution in [2.45, 2.75) is 26.7 Å². The summed E-state index contributed by atoms with van der Waals surface area (Å²) in [6.45, 7) is 8.13. The second-order valence-electron chi connectivity index (χ2n) is 6.81. The van der Waals surface area contributed by atoms with Crippen LogP contribution in [0.2, 0.25) is 0 Å². The minimum absolute atomic E-state index is 0.0709. The second kappa shape index (κ2) is 8.32. The summed E-state index contributed by atoms with van der Waals surface area (Å²) in [5, 5.41) is 3.14. The number of pyridine rings is 1. The van der Waals surface area contributed by atoms with E-state index >= 15 is 0 Å². The summed E-state index contributed by atoms with van der Waals surface area (Å²) in [6.07, 6.45) is 3.52. The lowest BCUT2D eigenvalue weighted by Crippen LogP contribution is -2.44. The fourth-order valence-corrected chi connectivity index (χ4v) is 3.36. The van der Waals surface area contributed by atoms with Gasteiger partial charge in [0.25, 0.3) is 5.91 Å². The van der Waals surface area contributed by atoms with Crippen molar-refractivity contribution in [2.75, 3.05) is 43.4 Å². The van der Waals surface area contributed by atoms with Crippen molar-refractivity contribution in [3.8, 4) is 0 Å². The zero-order chi connectivity index (χ0) is 18.5. The Morgan fingerprint density at radius 2 is 1.73 bits per heavy atom. The number of carbonyl (C=O) groups is 1. The van der Waals surface area contributed by atoms with E-state index in [-0.39, 0.29) is 5.91 Å². The van der Waals surface area contributed by atoms with Crippen molar-refractivity contribution in [1.29, 1.82) is 0 Å². The van der Waals surface area contributed by atoms with Gasteiger partial charge in [-0.25, -0.2) is 4.98 Å². The van der Waals surface area contributed by atoms with Crippen molar-refractivity contribution in [1.82, 2.24) is 9.88 Å². The molecule has 1 aromatic carbocycles. The number of nitrogens with one attached hydrogen (secondary N) is 1. The van der Waals surface area contributed by atoms with Gasteiger partial charge in [-0.05, 0) is 43.1 Å². The average molecular weight is 352 g/mol. The van der Waals surface area contributed by atoms with Crippen LogP contribution in [0.1, 0.15) is 35.3 Å². The van der Waals surface area contributed by atoms with Gasteiger partial charge in [-0.2, -0.15) is 0 Å². The molecule has 1 fully saturated rings. The van der Waals surface area contributed by atoms with Crippen LogP contribution in [-0.2, 0) is 12.8 Å². The van der Waals surface area contributed by atoms with Crippen molar-refractivity contribution in [2.24, 2.45) is 0 Å². The average Bonchev–Trinajstić information content (AvgIpc) is 2.68. The molecule has 1 aromatic heterocycles. The van der Waals surface area contributed by atoms with E-state index in [4.69, 9.17) is 0 Å². The first kappa shape index (κ1) is 18.4. The molecule has 0 spiro atoms. The highest BCUT2D eigenvalue weighted by molar-refractivity contribution is 6.05. The number of aromatic nitrogens is 1. The van der Waals surface area contributed by atoms with Crippen LogP contribution in [0.3, 0.4) is 0 Å². The van der Waals surface area contributed by atoms with E-state index < -0.39 is 0 Å². The van der Waals surface area contributed by atoms with Crippen LogP contribution < -0.4 is 10.2 Å². The van der Waals surface area contributed by atoms with E-state index in [2.05, 4.69) is 59.2 Å². The largest absolute Gasteiger partial charge is 0.354 e. The third-order valence-electron chi connectivity index (χ3n) is 5.07. The molecule has 0 saturated carbocycles. The monoisotopic (exact) mass is 352 g/mol. The topological polar surface area (TPSA) is 48.5 Å². The van der Waals surface area contributed by atoms with E-state index in [0.29, 0.717) is 5.56 Å². The second-order valence-corrected chi connectivity index (χ2v) is 6.81. The SMILES string of the molecule is CCc1cccc(CC)c1NC(=O)c1ccnc(N2CCN(C)CC2)c1. The summed E-state index contributed by atoms with van der Waals surface area (Å²) in [7, 11) is 2.13. The molecule has 1 aliphatic heterocycles. The molecule has 138 valence electrons. The number of amides is 1. The number of hydrogen-bond acceptors (Lipinski definition) is 4. The molecule has 3 rings (SSSR count). The Labute approximate surface area is 156 Å². The van der Waals surface area contributed by atoms with Gasteiger partial charge < -0.3 is 15.1 Å². The maximum absolute atomic E-state index is 12.9. The predicted molar refractivity (Wildman–Crippen MR) is 107 cm³/mol. The number of rotatable bonds is 5. The van der Waals surface area contributed by atoms with E-state index in [9.17, 15) is 4.79 Å². The molecule has 0 unspecified atom stereocenters. The van der Waals surface area contributed by atoms with Gasteiger partial charge in [-0.3, -0.25) is 4.79 Å². The van der Waals surface area contributed by atoms with Gasteiger partial charge in [-0.15, -0.1) is 0 Å². The maximum Gasteiger partial charge on any atom is 0.255 e. The standard InChI is InChI=1S/C21H28N4O/c1-4-16-7-6-8-17(5-2)20(16)23-21(26)18-9-10-22-19(15-18)25-13-11-24(3)12-14-25/h6-10,15H,4-5,11-14H2,1-3H3,(H,23,26). The van der Waals surface area contributed by atoms with Crippen LogP contribution in [0.5, 0.6) is 0 Å². The summed E-state index contributed by atoms with van der Waals surface area (Å²) in [4.78, 5) is 21.9. The van der Waals surface area contributed by atoms with Crippen LogP contribution in [0.4, 0.5) is 11.5 Å². The molecule has 0 aliphatic carbocycles. The van der Waals surface area contributed by atoms with Crippen molar-refractivity contribution >= 4 is 17.4 Å². The number of nitrogens with zero attached hydrogens (tertiary/aromatic N) is 3. The quantitative estimate of drug-likeness (QED) is 0.898. The smallest absolute Gasteiger partial charge is 0.255 e. The predicted octanol–water partition coefficient (Wildman–Crippen LogP) is 3.21. The third-order valence-corrected chi connectivity index (χ3v) is 5.07. The molecular weight excluding hydrogens is 324 g/mol. The highest BCUT2D eigenvalue weighted by atomic mass is 16.1. The normalized spacial score (nSPS) is 15.1. The highest BCUT2D eigenvalue weighted by Crippen LogP contribution is 2.24. The Morgan fingerprint density at radius 3 is 2.35 bits per heavy atom. The number of benzene rings is 1. The summed E-state index contributed by atoms with van der Waals surface area (Å²) in [5.74, 6) is 0.809. The van der Waals surface area contributed by atoms with Gasteiger partial charge >= 0.3 is 0 Å². The summed E-state index contributed by atoms with van der Waals surface area (Å²) < 4.78 is 0. The summed E-state index contributed by atoms with van der Waals surface area (Å²) in [6, 6.07) is 9.91. The zero-order valence-corrected chi connectivity index (χ0v) is 16.0. The Bertz CT molecular complexity index is 744. The number of carbonyl (C=O) groups excluding carboxylic acids is 1. The number of para-hydroxylation sites is 1. The van der Waals surface area contributed by atoms with Gasteiger partial charge in [0.2, 0.25) is 0 Å². The third kappa shape index (κ3) is 4.05. The van der Waals surface area contributed by atoms with Gasteiger partial charge in [0.1, 0.15) is 5.82 Å². The first-order chi connectivity index (χ1) is 12.6. The van der Waals surface area contributed by atoms with Crippen molar-refractivity contribution in [3.05, 3.63) is 53.2 Å². The molecule has 2 aromatic rings. The Kier molecular flexibility index (Phi) is 5.89. The Morgan fingerprint density at radius 1 is 1.08 bits per heavy atom. The molecule has 1 saturated heterocycles. The minimum atomic E-state index is -0.0709. The van der Waals surface area contributed by atoms with Gasteiger partial charge in [0.15, 0.2) is 0 Å². The number of aryl methyl sites for hydroxylation is 2. The minimum Gasteiger partial charge on any atom is -0.354 e. The van der Waals surface area contributed by atoms with Crippen molar-refractivity contribution in [3.63, 3.8) is 0 Å². The fourth-order valence-electron chi connectivity index (χ4n) is 3.36.